The van der Waals surface area contributed by atoms with Crippen LogP contribution in [0.4, 0.5) is 5.69 Å². The van der Waals surface area contributed by atoms with E-state index in [0.29, 0.717) is 11.3 Å². The highest BCUT2D eigenvalue weighted by Crippen LogP contribution is 2.47. The summed E-state index contributed by atoms with van der Waals surface area (Å²) in [7, 11) is 0. The molecule has 0 amide bonds. The van der Waals surface area contributed by atoms with E-state index >= 15 is 0 Å². The molecule has 5 heteroatoms. The van der Waals surface area contributed by atoms with E-state index in [1.807, 2.05) is 4.68 Å². The summed E-state index contributed by atoms with van der Waals surface area (Å²) in [6.45, 7) is 13.5. The van der Waals surface area contributed by atoms with Crippen LogP contribution in [0.1, 0.15) is 69.0 Å². The van der Waals surface area contributed by atoms with Gasteiger partial charge < -0.3 is 5.32 Å². The molecule has 1 fully saturated rings. The second-order valence-electron chi connectivity index (χ2n) is 10.3. The monoisotopic (exact) mass is 417 g/mol. The standard InChI is InChI=1S/C26H35N5/c1-18-10-7-8-13-22(18)27-26(16-14-21(15-17-26)25(4,5)6)24-28-29-30-31(24)23-19(2)11-9-12-20(23)3/h7-13,21,27H,14-17H2,1-6H3. The van der Waals surface area contributed by atoms with Crippen LogP contribution in [0.2, 0.25) is 0 Å². The van der Waals surface area contributed by atoms with Crippen molar-refractivity contribution in [1.82, 2.24) is 20.2 Å². The van der Waals surface area contributed by atoms with Crippen LogP contribution in [0.3, 0.4) is 0 Å². The maximum absolute atomic E-state index is 4.62. The van der Waals surface area contributed by atoms with Crippen molar-refractivity contribution in [3.63, 3.8) is 0 Å². The molecule has 3 aromatic rings. The summed E-state index contributed by atoms with van der Waals surface area (Å²) in [5.41, 5.74) is 5.87. The lowest BCUT2D eigenvalue weighted by molar-refractivity contribution is 0.137. The van der Waals surface area contributed by atoms with Gasteiger partial charge in [-0.3, -0.25) is 0 Å². The van der Waals surface area contributed by atoms with E-state index in [1.165, 1.54) is 16.7 Å². The summed E-state index contributed by atoms with van der Waals surface area (Å²) in [5.74, 6) is 1.62. The SMILES string of the molecule is Cc1ccccc1NC1(c2nnnn2-c2c(C)cccc2C)CCC(C(C)(C)C)CC1. The molecule has 1 aliphatic carbocycles. The van der Waals surface area contributed by atoms with Crippen molar-refractivity contribution in [2.75, 3.05) is 5.32 Å². The van der Waals surface area contributed by atoms with Crippen LogP contribution < -0.4 is 5.32 Å². The van der Waals surface area contributed by atoms with Crippen molar-refractivity contribution in [1.29, 1.82) is 0 Å². The van der Waals surface area contributed by atoms with Crippen molar-refractivity contribution in [3.8, 4) is 5.69 Å². The zero-order valence-corrected chi connectivity index (χ0v) is 19.7. The maximum atomic E-state index is 4.62. The number of para-hydroxylation sites is 2. The zero-order valence-electron chi connectivity index (χ0n) is 19.7. The quantitative estimate of drug-likeness (QED) is 0.555. The molecule has 0 radical (unpaired) electrons. The van der Waals surface area contributed by atoms with Gasteiger partial charge in [-0.2, -0.15) is 4.68 Å². The summed E-state index contributed by atoms with van der Waals surface area (Å²) >= 11 is 0. The first-order valence-electron chi connectivity index (χ1n) is 11.4. The van der Waals surface area contributed by atoms with Crippen molar-refractivity contribution < 1.29 is 0 Å². The number of tetrazole rings is 1. The normalized spacial score (nSPS) is 21.8. The zero-order chi connectivity index (χ0) is 22.2. The van der Waals surface area contributed by atoms with E-state index in [0.717, 1.165) is 42.9 Å². The topological polar surface area (TPSA) is 55.6 Å². The van der Waals surface area contributed by atoms with Crippen molar-refractivity contribution in [2.45, 2.75) is 72.8 Å². The van der Waals surface area contributed by atoms with Crippen molar-refractivity contribution in [3.05, 3.63) is 65.0 Å². The number of anilines is 1. The van der Waals surface area contributed by atoms with Crippen molar-refractivity contribution in [2.24, 2.45) is 11.3 Å². The highest BCUT2D eigenvalue weighted by Gasteiger charge is 2.44. The van der Waals surface area contributed by atoms with Gasteiger partial charge in [-0.05, 0) is 91.0 Å². The molecule has 1 N–H and O–H groups in total. The smallest absolute Gasteiger partial charge is 0.181 e. The number of nitrogens with one attached hydrogen (secondary N) is 1. The van der Waals surface area contributed by atoms with Crippen LogP contribution in [0.25, 0.3) is 5.69 Å². The molecule has 2 aromatic carbocycles. The molecule has 1 aromatic heterocycles. The van der Waals surface area contributed by atoms with Crippen LogP contribution in [0.15, 0.2) is 42.5 Å². The molecule has 5 nitrogen and oxygen atoms in total. The first-order chi connectivity index (χ1) is 14.7. The number of benzene rings is 2. The lowest BCUT2D eigenvalue weighted by Gasteiger charge is -2.44. The number of nitrogens with zero attached hydrogens (tertiary/aromatic N) is 4. The molecule has 1 heterocycles. The van der Waals surface area contributed by atoms with E-state index in [-0.39, 0.29) is 5.54 Å². The van der Waals surface area contributed by atoms with Crippen LogP contribution in [0, 0.1) is 32.1 Å². The van der Waals surface area contributed by atoms with Gasteiger partial charge in [0.05, 0.1) is 11.2 Å². The summed E-state index contributed by atoms with van der Waals surface area (Å²) < 4.78 is 1.98. The number of hydrogen-bond acceptors (Lipinski definition) is 4. The molecule has 1 aliphatic rings. The van der Waals surface area contributed by atoms with Crippen LogP contribution in [-0.4, -0.2) is 20.2 Å². The average Bonchev–Trinajstić information content (AvgIpc) is 3.19. The highest BCUT2D eigenvalue weighted by molar-refractivity contribution is 5.54. The van der Waals surface area contributed by atoms with Gasteiger partial charge in [0.2, 0.25) is 0 Å². The Morgan fingerprint density at radius 3 is 2.13 bits per heavy atom. The molecule has 4 rings (SSSR count). The Hall–Kier alpha value is -2.69. The average molecular weight is 418 g/mol. The predicted molar refractivity (Wildman–Crippen MR) is 127 cm³/mol. The van der Waals surface area contributed by atoms with Crippen LogP contribution in [-0.2, 0) is 5.54 Å². The highest BCUT2D eigenvalue weighted by atomic mass is 15.6. The third-order valence-corrected chi connectivity index (χ3v) is 7.13. The fraction of sp³-hybridized carbons (Fsp3) is 0.500. The third-order valence-electron chi connectivity index (χ3n) is 7.13. The fourth-order valence-electron chi connectivity index (χ4n) is 5.13. The summed E-state index contributed by atoms with van der Waals surface area (Å²) in [6, 6.07) is 14.9. The minimum Gasteiger partial charge on any atom is -0.372 e. The Balaban J connectivity index is 1.80. The number of rotatable bonds is 4. The van der Waals surface area contributed by atoms with Crippen LogP contribution in [0.5, 0.6) is 0 Å². The minimum atomic E-state index is -0.300. The second kappa shape index (κ2) is 8.10. The van der Waals surface area contributed by atoms with E-state index in [9.17, 15) is 0 Å². The Labute approximate surface area is 186 Å². The first-order valence-corrected chi connectivity index (χ1v) is 11.4. The third kappa shape index (κ3) is 4.10. The van der Waals surface area contributed by atoms with Gasteiger partial charge in [0.15, 0.2) is 5.82 Å². The molecule has 0 saturated heterocycles. The molecule has 0 atom stereocenters. The van der Waals surface area contributed by atoms with E-state index in [4.69, 9.17) is 0 Å². The number of aromatic nitrogens is 4. The molecule has 0 bridgehead atoms. The Morgan fingerprint density at radius 2 is 1.52 bits per heavy atom. The summed E-state index contributed by atoms with van der Waals surface area (Å²) in [4.78, 5) is 0. The van der Waals surface area contributed by atoms with Gasteiger partial charge in [-0.1, -0.05) is 57.2 Å². The number of aryl methyl sites for hydroxylation is 3. The number of hydrogen-bond donors (Lipinski definition) is 1. The lowest BCUT2D eigenvalue weighted by Crippen LogP contribution is -2.43. The van der Waals surface area contributed by atoms with Gasteiger partial charge in [-0.15, -0.1) is 5.10 Å². The van der Waals surface area contributed by atoms with Crippen molar-refractivity contribution >= 4 is 5.69 Å². The predicted octanol–water partition coefficient (Wildman–Crippen LogP) is 6.13. The van der Waals surface area contributed by atoms with Gasteiger partial charge in [0.25, 0.3) is 0 Å². The molecule has 164 valence electrons. The van der Waals surface area contributed by atoms with Crippen LogP contribution >= 0.6 is 0 Å². The molecular formula is C26H35N5. The Morgan fingerprint density at radius 1 is 0.903 bits per heavy atom. The van der Waals surface area contributed by atoms with Gasteiger partial charge in [0.1, 0.15) is 0 Å². The molecule has 31 heavy (non-hydrogen) atoms. The Bertz CT molecular complexity index is 1030. The van der Waals surface area contributed by atoms with E-state index in [2.05, 4.69) is 105 Å². The minimum absolute atomic E-state index is 0.300. The molecular weight excluding hydrogens is 382 g/mol. The maximum Gasteiger partial charge on any atom is 0.181 e. The van der Waals surface area contributed by atoms with Gasteiger partial charge in [0, 0.05) is 5.69 Å². The van der Waals surface area contributed by atoms with E-state index < -0.39 is 0 Å². The molecule has 0 spiro atoms. The summed E-state index contributed by atoms with van der Waals surface area (Å²) in [5, 5.41) is 17.2. The summed E-state index contributed by atoms with van der Waals surface area (Å²) in [6.07, 6.45) is 4.33. The fourth-order valence-corrected chi connectivity index (χ4v) is 5.13. The molecule has 1 saturated carbocycles. The van der Waals surface area contributed by atoms with Gasteiger partial charge in [-0.25, -0.2) is 0 Å². The first kappa shape index (κ1) is 21.5. The van der Waals surface area contributed by atoms with Gasteiger partial charge >= 0.3 is 0 Å². The molecule has 0 aliphatic heterocycles. The molecule has 0 unspecified atom stereocenters. The lowest BCUT2D eigenvalue weighted by atomic mass is 9.67. The second-order valence-corrected chi connectivity index (χ2v) is 10.3. The Kier molecular flexibility index (Phi) is 5.63. The largest absolute Gasteiger partial charge is 0.372 e. The van der Waals surface area contributed by atoms with E-state index in [1.54, 1.807) is 0 Å².